The van der Waals surface area contributed by atoms with Crippen molar-refractivity contribution in [1.82, 2.24) is 10.2 Å². The van der Waals surface area contributed by atoms with Gasteiger partial charge in [0, 0.05) is 25.7 Å². The van der Waals surface area contributed by atoms with E-state index < -0.39 is 0 Å². The van der Waals surface area contributed by atoms with Crippen LogP contribution in [0.25, 0.3) is 0 Å². The summed E-state index contributed by atoms with van der Waals surface area (Å²) in [6.45, 7) is 11.6. The number of morpholine rings is 1. The van der Waals surface area contributed by atoms with Crippen molar-refractivity contribution in [1.29, 1.82) is 0 Å². The van der Waals surface area contributed by atoms with Gasteiger partial charge in [-0.25, -0.2) is 0 Å². The minimum absolute atomic E-state index is 0.321. The molecule has 1 aliphatic rings. The summed E-state index contributed by atoms with van der Waals surface area (Å²) in [5, 5.41) is 3.58. The number of likely N-dealkylation sites (N-methyl/N-ethyl adjacent to an activating group) is 1. The molecule has 1 saturated heterocycles. The molecule has 3 heteroatoms. The Labute approximate surface area is 116 Å². The first kappa shape index (κ1) is 14.5. The lowest BCUT2D eigenvalue weighted by Crippen LogP contribution is -2.46. The van der Waals surface area contributed by atoms with Gasteiger partial charge in [-0.2, -0.15) is 0 Å². The molecule has 2 rings (SSSR count). The Hall–Kier alpha value is -0.900. The van der Waals surface area contributed by atoms with Gasteiger partial charge in [-0.1, -0.05) is 36.8 Å². The molecule has 106 valence electrons. The van der Waals surface area contributed by atoms with Gasteiger partial charge in [0.25, 0.3) is 0 Å². The van der Waals surface area contributed by atoms with E-state index in [0.717, 1.165) is 32.8 Å². The van der Waals surface area contributed by atoms with Crippen molar-refractivity contribution >= 4 is 0 Å². The van der Waals surface area contributed by atoms with Gasteiger partial charge in [0.1, 0.15) is 0 Å². The summed E-state index contributed by atoms with van der Waals surface area (Å²) in [6.07, 6.45) is 0.321. The average Bonchev–Trinajstić information content (AvgIpc) is 2.46. The zero-order valence-corrected chi connectivity index (χ0v) is 12.4. The maximum Gasteiger partial charge on any atom is 0.0826 e. The molecule has 2 atom stereocenters. The van der Waals surface area contributed by atoms with Gasteiger partial charge in [-0.15, -0.1) is 0 Å². The zero-order chi connectivity index (χ0) is 13.7. The van der Waals surface area contributed by atoms with Crippen LogP contribution >= 0.6 is 0 Å². The molecular formula is C16H26N2O. The third-order valence-corrected chi connectivity index (χ3v) is 3.90. The Kier molecular flexibility index (Phi) is 5.37. The van der Waals surface area contributed by atoms with E-state index in [1.54, 1.807) is 0 Å². The number of rotatable bonds is 5. The average molecular weight is 262 g/mol. The molecule has 0 aromatic heterocycles. The second kappa shape index (κ2) is 7.04. The van der Waals surface area contributed by atoms with Crippen molar-refractivity contribution in [3.63, 3.8) is 0 Å². The molecule has 19 heavy (non-hydrogen) atoms. The fourth-order valence-corrected chi connectivity index (χ4v) is 2.47. The number of nitrogens with one attached hydrogen (secondary N) is 1. The summed E-state index contributed by atoms with van der Waals surface area (Å²) >= 11 is 0. The van der Waals surface area contributed by atoms with Gasteiger partial charge >= 0.3 is 0 Å². The number of aryl methyl sites for hydroxylation is 1. The number of ether oxygens (including phenoxy) is 1. The molecule has 0 radical (unpaired) electrons. The Morgan fingerprint density at radius 2 is 2.11 bits per heavy atom. The number of hydrogen-bond acceptors (Lipinski definition) is 3. The van der Waals surface area contributed by atoms with Gasteiger partial charge in [-0.05, 0) is 26.0 Å². The van der Waals surface area contributed by atoms with Crippen LogP contribution in [0.4, 0.5) is 0 Å². The minimum Gasteiger partial charge on any atom is -0.374 e. The van der Waals surface area contributed by atoms with Crippen LogP contribution < -0.4 is 5.32 Å². The van der Waals surface area contributed by atoms with Crippen molar-refractivity contribution in [3.05, 3.63) is 35.4 Å². The van der Waals surface area contributed by atoms with Crippen molar-refractivity contribution in [2.75, 3.05) is 32.8 Å². The van der Waals surface area contributed by atoms with Crippen molar-refractivity contribution < 1.29 is 4.74 Å². The normalized spacial score (nSPS) is 22.4. The van der Waals surface area contributed by atoms with E-state index in [1.807, 2.05) is 0 Å². The predicted octanol–water partition coefficient (Wildman–Crippen LogP) is 2.37. The highest BCUT2D eigenvalue weighted by Crippen LogP contribution is 2.13. The van der Waals surface area contributed by atoms with Crippen LogP contribution in [0.5, 0.6) is 0 Å². The second-order valence-electron chi connectivity index (χ2n) is 5.43. The SMILES string of the molecule is CCN1CCOC(CNC(C)c2ccc(C)cc2)C1. The lowest BCUT2D eigenvalue weighted by molar-refractivity contribution is -0.0262. The monoisotopic (exact) mass is 262 g/mol. The maximum atomic E-state index is 5.81. The summed E-state index contributed by atoms with van der Waals surface area (Å²) < 4.78 is 5.81. The smallest absolute Gasteiger partial charge is 0.0826 e. The van der Waals surface area contributed by atoms with Crippen LogP contribution in [-0.2, 0) is 4.74 Å². The van der Waals surface area contributed by atoms with Crippen LogP contribution in [0.3, 0.4) is 0 Å². The molecule has 3 nitrogen and oxygen atoms in total. The van der Waals surface area contributed by atoms with E-state index in [9.17, 15) is 0 Å². The van der Waals surface area contributed by atoms with E-state index in [0.29, 0.717) is 12.1 Å². The first-order valence-corrected chi connectivity index (χ1v) is 7.33. The van der Waals surface area contributed by atoms with E-state index in [4.69, 9.17) is 4.74 Å². The third-order valence-electron chi connectivity index (χ3n) is 3.90. The molecule has 1 aliphatic heterocycles. The van der Waals surface area contributed by atoms with E-state index >= 15 is 0 Å². The van der Waals surface area contributed by atoms with Crippen molar-refractivity contribution in [2.24, 2.45) is 0 Å². The summed E-state index contributed by atoms with van der Waals surface area (Å²) in [7, 11) is 0. The number of hydrogen-bond donors (Lipinski definition) is 1. The largest absolute Gasteiger partial charge is 0.374 e. The fraction of sp³-hybridized carbons (Fsp3) is 0.625. The van der Waals surface area contributed by atoms with E-state index in [1.165, 1.54) is 11.1 Å². The van der Waals surface area contributed by atoms with Crippen molar-refractivity contribution in [2.45, 2.75) is 32.9 Å². The summed E-state index contributed by atoms with van der Waals surface area (Å²) in [4.78, 5) is 2.45. The van der Waals surface area contributed by atoms with Crippen LogP contribution in [-0.4, -0.2) is 43.8 Å². The molecule has 1 N–H and O–H groups in total. The Morgan fingerprint density at radius 3 is 2.79 bits per heavy atom. The zero-order valence-electron chi connectivity index (χ0n) is 12.4. The Morgan fingerprint density at radius 1 is 1.37 bits per heavy atom. The second-order valence-corrected chi connectivity index (χ2v) is 5.43. The molecule has 1 heterocycles. The van der Waals surface area contributed by atoms with Gasteiger partial charge in [0.15, 0.2) is 0 Å². The van der Waals surface area contributed by atoms with E-state index in [-0.39, 0.29) is 0 Å². The summed E-state index contributed by atoms with van der Waals surface area (Å²) in [5.41, 5.74) is 2.65. The Bertz CT molecular complexity index is 377. The highest BCUT2D eigenvalue weighted by molar-refractivity contribution is 5.23. The molecule has 0 amide bonds. The molecule has 0 bridgehead atoms. The van der Waals surface area contributed by atoms with Gasteiger partial charge < -0.3 is 10.1 Å². The third kappa shape index (κ3) is 4.30. The van der Waals surface area contributed by atoms with Crippen molar-refractivity contribution in [3.8, 4) is 0 Å². The fourth-order valence-electron chi connectivity index (χ4n) is 2.47. The molecule has 1 aromatic rings. The van der Waals surface area contributed by atoms with Crippen LogP contribution in [0, 0.1) is 6.92 Å². The Balaban J connectivity index is 1.79. The van der Waals surface area contributed by atoms with Gasteiger partial charge in [0.05, 0.1) is 12.7 Å². The molecule has 2 unspecified atom stereocenters. The standard InChI is InChI=1S/C16H26N2O/c1-4-18-9-10-19-16(12-18)11-17-14(3)15-7-5-13(2)6-8-15/h5-8,14,16-17H,4,9-12H2,1-3H3. The highest BCUT2D eigenvalue weighted by Gasteiger charge is 2.19. The summed E-state index contributed by atoms with van der Waals surface area (Å²) in [5.74, 6) is 0. The van der Waals surface area contributed by atoms with E-state index in [2.05, 4.69) is 55.3 Å². The van der Waals surface area contributed by atoms with Gasteiger partial charge in [-0.3, -0.25) is 4.90 Å². The number of benzene rings is 1. The summed E-state index contributed by atoms with van der Waals surface area (Å²) in [6, 6.07) is 9.12. The maximum absolute atomic E-state index is 5.81. The first-order chi connectivity index (χ1) is 9.19. The first-order valence-electron chi connectivity index (χ1n) is 7.33. The molecule has 0 saturated carbocycles. The molecule has 0 aliphatic carbocycles. The van der Waals surface area contributed by atoms with Gasteiger partial charge in [0.2, 0.25) is 0 Å². The quantitative estimate of drug-likeness (QED) is 0.881. The van der Waals surface area contributed by atoms with Crippen LogP contribution in [0.15, 0.2) is 24.3 Å². The molecular weight excluding hydrogens is 236 g/mol. The lowest BCUT2D eigenvalue weighted by Gasteiger charge is -2.32. The van der Waals surface area contributed by atoms with Crippen LogP contribution in [0.2, 0.25) is 0 Å². The minimum atomic E-state index is 0.321. The topological polar surface area (TPSA) is 24.5 Å². The molecule has 0 spiro atoms. The predicted molar refractivity (Wildman–Crippen MR) is 79.5 cm³/mol. The number of nitrogens with zero attached hydrogens (tertiary/aromatic N) is 1. The molecule has 1 aromatic carbocycles. The molecule has 1 fully saturated rings. The van der Waals surface area contributed by atoms with Crippen LogP contribution in [0.1, 0.15) is 31.0 Å². The lowest BCUT2D eigenvalue weighted by atomic mass is 10.1. The highest BCUT2D eigenvalue weighted by atomic mass is 16.5.